The number of nitrogens with zero attached hydrogens (tertiary/aromatic N) is 5. The Morgan fingerprint density at radius 1 is 1.03 bits per heavy atom. The molecule has 1 saturated heterocycles. The van der Waals surface area contributed by atoms with Crippen molar-refractivity contribution in [2.24, 2.45) is 4.99 Å². The first-order valence-electron chi connectivity index (χ1n) is 10.5. The maximum atomic E-state index is 14.6. The quantitative estimate of drug-likeness (QED) is 0.364. The molecule has 168 valence electrons. The van der Waals surface area contributed by atoms with Gasteiger partial charge in [0.2, 0.25) is 5.95 Å². The second-order valence-electron chi connectivity index (χ2n) is 8.01. The smallest absolute Gasteiger partial charge is 0.225 e. The second kappa shape index (κ2) is 10.5. The molecule has 6 nitrogen and oxygen atoms in total. The summed E-state index contributed by atoms with van der Waals surface area (Å²) in [5.74, 6) is 0.599. The lowest BCUT2D eigenvalue weighted by Gasteiger charge is -2.38. The Morgan fingerprint density at radius 2 is 1.65 bits per heavy atom. The van der Waals surface area contributed by atoms with E-state index in [-0.39, 0.29) is 29.5 Å². The highest BCUT2D eigenvalue weighted by Crippen LogP contribution is 2.42. The van der Waals surface area contributed by atoms with E-state index in [1.807, 2.05) is 6.07 Å². The molecule has 0 atom stereocenters. The van der Waals surface area contributed by atoms with E-state index < -0.39 is 17.0 Å². The van der Waals surface area contributed by atoms with Crippen molar-refractivity contribution in [2.45, 2.75) is 31.1 Å². The fourth-order valence-electron chi connectivity index (χ4n) is 4.72. The van der Waals surface area contributed by atoms with E-state index in [1.165, 1.54) is 18.2 Å². The standard InChI is InChI=1S/C22H28F2N6.HI/c1-25-20(29-12-14-30(15-13-29)21-26-10-5-11-27-21)28-16-22(8-2-3-9-22)19-17(23)6-4-7-18(19)24;/h4-7,10-11H,2-3,8-9,12-16H2,1H3,(H,25,28);1H. The Labute approximate surface area is 199 Å². The fraction of sp³-hybridized carbons (Fsp3) is 0.500. The molecule has 2 aliphatic rings. The predicted molar refractivity (Wildman–Crippen MR) is 129 cm³/mol. The zero-order valence-corrected chi connectivity index (χ0v) is 20.1. The van der Waals surface area contributed by atoms with E-state index in [2.05, 4.69) is 30.1 Å². The molecule has 0 amide bonds. The molecule has 1 saturated carbocycles. The third-order valence-corrected chi connectivity index (χ3v) is 6.26. The molecule has 9 heteroatoms. The Hall–Kier alpha value is -2.04. The Morgan fingerprint density at radius 3 is 2.23 bits per heavy atom. The number of aliphatic imine (C=N–C) groups is 1. The lowest BCUT2D eigenvalue weighted by Crippen LogP contribution is -2.54. The summed E-state index contributed by atoms with van der Waals surface area (Å²) in [6.07, 6.45) is 6.99. The molecule has 1 N–H and O–H groups in total. The average Bonchev–Trinajstić information content (AvgIpc) is 3.25. The SMILES string of the molecule is CN=C(NCC1(c2c(F)cccc2F)CCCC1)N1CCN(c2ncccn2)CC1.I. The first-order chi connectivity index (χ1) is 14.6. The van der Waals surface area contributed by atoms with Crippen LogP contribution in [0.3, 0.4) is 0 Å². The monoisotopic (exact) mass is 542 g/mol. The van der Waals surface area contributed by atoms with Gasteiger partial charge in [-0.2, -0.15) is 0 Å². The van der Waals surface area contributed by atoms with Gasteiger partial charge in [0, 0.05) is 63.1 Å². The molecular weight excluding hydrogens is 513 g/mol. The molecule has 0 bridgehead atoms. The van der Waals surface area contributed by atoms with Gasteiger partial charge in [0.15, 0.2) is 5.96 Å². The van der Waals surface area contributed by atoms with Crippen LogP contribution in [0.4, 0.5) is 14.7 Å². The summed E-state index contributed by atoms with van der Waals surface area (Å²) in [6, 6.07) is 5.96. The van der Waals surface area contributed by atoms with Crippen LogP contribution in [0.5, 0.6) is 0 Å². The van der Waals surface area contributed by atoms with Gasteiger partial charge >= 0.3 is 0 Å². The summed E-state index contributed by atoms with van der Waals surface area (Å²) < 4.78 is 29.2. The van der Waals surface area contributed by atoms with Crippen LogP contribution in [0.1, 0.15) is 31.2 Å². The van der Waals surface area contributed by atoms with Crippen LogP contribution >= 0.6 is 24.0 Å². The van der Waals surface area contributed by atoms with Crippen molar-refractivity contribution < 1.29 is 8.78 Å². The summed E-state index contributed by atoms with van der Waals surface area (Å²) in [7, 11) is 1.75. The van der Waals surface area contributed by atoms with Crippen molar-refractivity contribution >= 4 is 35.9 Å². The van der Waals surface area contributed by atoms with Crippen molar-refractivity contribution in [1.29, 1.82) is 0 Å². The Balaban J connectivity index is 0.00000272. The third-order valence-electron chi connectivity index (χ3n) is 6.26. The minimum absolute atomic E-state index is 0. The van der Waals surface area contributed by atoms with Crippen LogP contribution in [-0.2, 0) is 5.41 Å². The van der Waals surface area contributed by atoms with Crippen molar-refractivity contribution in [1.82, 2.24) is 20.2 Å². The van der Waals surface area contributed by atoms with Crippen molar-refractivity contribution in [3.63, 3.8) is 0 Å². The number of aromatic nitrogens is 2. The number of hydrogen-bond acceptors (Lipinski definition) is 4. The normalized spacial score (nSPS) is 18.6. The number of rotatable bonds is 4. The van der Waals surface area contributed by atoms with E-state index >= 15 is 0 Å². The number of guanidine groups is 1. The summed E-state index contributed by atoms with van der Waals surface area (Å²) in [5.41, 5.74) is -0.318. The van der Waals surface area contributed by atoms with Crippen molar-refractivity contribution in [3.8, 4) is 0 Å². The first-order valence-corrected chi connectivity index (χ1v) is 10.5. The molecule has 0 spiro atoms. The number of hydrogen-bond donors (Lipinski definition) is 1. The van der Waals surface area contributed by atoms with Gasteiger partial charge in [-0.25, -0.2) is 18.7 Å². The van der Waals surface area contributed by atoms with Gasteiger partial charge in [0.05, 0.1) is 0 Å². The second-order valence-corrected chi connectivity index (χ2v) is 8.01. The topological polar surface area (TPSA) is 56.7 Å². The number of nitrogens with one attached hydrogen (secondary N) is 1. The summed E-state index contributed by atoms with van der Waals surface area (Å²) in [5, 5.41) is 3.42. The van der Waals surface area contributed by atoms with Crippen LogP contribution in [0.15, 0.2) is 41.7 Å². The minimum atomic E-state index is -0.537. The largest absolute Gasteiger partial charge is 0.355 e. The molecule has 1 aromatic carbocycles. The average molecular weight is 542 g/mol. The third kappa shape index (κ3) is 5.07. The van der Waals surface area contributed by atoms with Crippen LogP contribution in [0.25, 0.3) is 0 Å². The molecule has 2 heterocycles. The molecule has 31 heavy (non-hydrogen) atoms. The van der Waals surface area contributed by atoms with E-state index in [0.717, 1.165) is 63.8 Å². The van der Waals surface area contributed by atoms with E-state index in [9.17, 15) is 8.78 Å². The van der Waals surface area contributed by atoms with Gasteiger partial charge in [0.1, 0.15) is 11.6 Å². The van der Waals surface area contributed by atoms with Crippen LogP contribution in [0, 0.1) is 11.6 Å². The highest BCUT2D eigenvalue weighted by Gasteiger charge is 2.40. The van der Waals surface area contributed by atoms with E-state index in [4.69, 9.17) is 0 Å². The molecular formula is C22H29F2IN6. The lowest BCUT2D eigenvalue weighted by molar-refractivity contribution is 0.349. The number of benzene rings is 1. The van der Waals surface area contributed by atoms with Crippen molar-refractivity contribution in [2.75, 3.05) is 44.7 Å². The summed E-state index contributed by atoms with van der Waals surface area (Å²) in [6.45, 7) is 3.60. The number of halogens is 3. The molecule has 0 radical (unpaired) electrons. The maximum absolute atomic E-state index is 14.6. The Kier molecular flexibility index (Phi) is 8.01. The Bertz CT molecular complexity index is 861. The highest BCUT2D eigenvalue weighted by molar-refractivity contribution is 14.0. The predicted octanol–water partition coefficient (Wildman–Crippen LogP) is 3.58. The van der Waals surface area contributed by atoms with E-state index in [1.54, 1.807) is 19.4 Å². The minimum Gasteiger partial charge on any atom is -0.355 e. The van der Waals surface area contributed by atoms with E-state index in [0.29, 0.717) is 6.54 Å². The van der Waals surface area contributed by atoms with Gasteiger partial charge in [-0.15, -0.1) is 24.0 Å². The molecule has 4 rings (SSSR count). The summed E-state index contributed by atoms with van der Waals surface area (Å²) in [4.78, 5) is 17.4. The van der Waals surface area contributed by atoms with Gasteiger partial charge in [-0.3, -0.25) is 4.99 Å². The zero-order valence-electron chi connectivity index (χ0n) is 17.7. The molecule has 0 unspecified atom stereocenters. The first kappa shape index (κ1) is 23.6. The fourth-order valence-corrected chi connectivity index (χ4v) is 4.72. The van der Waals surface area contributed by atoms with Crippen LogP contribution < -0.4 is 10.2 Å². The van der Waals surface area contributed by atoms with Gasteiger partial charge in [-0.05, 0) is 31.0 Å². The maximum Gasteiger partial charge on any atom is 0.225 e. The zero-order chi connectivity index (χ0) is 21.0. The van der Waals surface area contributed by atoms with Crippen LogP contribution in [0.2, 0.25) is 0 Å². The number of anilines is 1. The number of piperazine rings is 1. The van der Waals surface area contributed by atoms with Crippen LogP contribution in [-0.4, -0.2) is 60.6 Å². The highest BCUT2D eigenvalue weighted by atomic mass is 127. The van der Waals surface area contributed by atoms with Crippen molar-refractivity contribution in [3.05, 3.63) is 53.9 Å². The van der Waals surface area contributed by atoms with Gasteiger partial charge in [0.25, 0.3) is 0 Å². The molecule has 2 fully saturated rings. The molecule has 1 aliphatic heterocycles. The molecule has 2 aromatic rings. The lowest BCUT2D eigenvalue weighted by atomic mass is 9.78. The molecule has 1 aromatic heterocycles. The van der Waals surface area contributed by atoms with Gasteiger partial charge < -0.3 is 15.1 Å². The molecule has 1 aliphatic carbocycles. The summed E-state index contributed by atoms with van der Waals surface area (Å²) >= 11 is 0. The van der Waals surface area contributed by atoms with Gasteiger partial charge in [-0.1, -0.05) is 18.9 Å².